The highest BCUT2D eigenvalue weighted by molar-refractivity contribution is 5.85. The molecule has 28 heavy (non-hydrogen) atoms. The van der Waals surface area contributed by atoms with Crippen LogP contribution in [0.5, 0.6) is 0 Å². The van der Waals surface area contributed by atoms with Gasteiger partial charge in [0, 0.05) is 12.5 Å². The molecule has 0 heterocycles. The van der Waals surface area contributed by atoms with Crippen LogP contribution in [0, 0.1) is 11.8 Å². The van der Waals surface area contributed by atoms with E-state index in [9.17, 15) is 9.90 Å². The minimum Gasteiger partial charge on any atom is -0.512 e. The van der Waals surface area contributed by atoms with Crippen molar-refractivity contribution in [3.05, 3.63) is 76.1 Å². The summed E-state index contributed by atoms with van der Waals surface area (Å²) >= 11 is 0. The van der Waals surface area contributed by atoms with Gasteiger partial charge in [0.25, 0.3) is 0 Å². The Morgan fingerprint density at radius 1 is 1.00 bits per heavy atom. The largest absolute Gasteiger partial charge is 0.512 e. The number of hydrogen-bond acceptors (Lipinski definition) is 2. The van der Waals surface area contributed by atoms with Crippen LogP contribution >= 0.6 is 0 Å². The first-order valence-electron chi connectivity index (χ1n) is 10.4. The Balaban J connectivity index is 1.60. The quantitative estimate of drug-likeness (QED) is 0.634. The van der Waals surface area contributed by atoms with E-state index >= 15 is 0 Å². The minimum atomic E-state index is -0.933. The number of allylic oxidation sites excluding steroid dienone is 5. The fraction of sp³-hybridized carbons (Fsp3) is 0.400. The molecule has 0 amide bonds. The molecule has 3 aliphatic rings. The molecule has 146 valence electrons. The summed E-state index contributed by atoms with van der Waals surface area (Å²) in [5.41, 5.74) is 6.48. The number of fused-ring (bicyclic) bond motifs is 2. The van der Waals surface area contributed by atoms with Gasteiger partial charge in [-0.1, -0.05) is 48.8 Å². The number of aliphatic carboxylic acids is 1. The Labute approximate surface area is 166 Å². The van der Waals surface area contributed by atoms with E-state index in [1.807, 2.05) is 18.2 Å². The molecule has 2 bridgehead atoms. The van der Waals surface area contributed by atoms with Crippen molar-refractivity contribution in [2.75, 3.05) is 0 Å². The van der Waals surface area contributed by atoms with Crippen LogP contribution in [-0.4, -0.2) is 16.2 Å². The number of aliphatic hydroxyl groups excluding tert-OH is 1. The Morgan fingerprint density at radius 3 is 2.25 bits per heavy atom. The molecule has 4 rings (SSSR count). The molecule has 1 aromatic carbocycles. The second kappa shape index (κ2) is 8.22. The normalized spacial score (nSPS) is 24.9. The number of benzene rings is 1. The number of rotatable bonds is 4. The first kappa shape index (κ1) is 18.8. The highest BCUT2D eigenvalue weighted by atomic mass is 16.4. The monoisotopic (exact) mass is 376 g/mol. The summed E-state index contributed by atoms with van der Waals surface area (Å²) in [6.07, 6.45) is 16.2. The van der Waals surface area contributed by atoms with Gasteiger partial charge in [-0.2, -0.15) is 0 Å². The highest BCUT2D eigenvalue weighted by Crippen LogP contribution is 2.48. The lowest BCUT2D eigenvalue weighted by atomic mass is 9.65. The van der Waals surface area contributed by atoms with Gasteiger partial charge in [0.05, 0.1) is 5.76 Å². The zero-order valence-electron chi connectivity index (χ0n) is 16.2. The zero-order chi connectivity index (χ0) is 19.5. The molecule has 3 aliphatic carbocycles. The third kappa shape index (κ3) is 4.14. The number of hydrogen-bond donors (Lipinski definition) is 2. The van der Waals surface area contributed by atoms with Crippen LogP contribution in [0.2, 0.25) is 0 Å². The summed E-state index contributed by atoms with van der Waals surface area (Å²) in [7, 11) is 0. The van der Waals surface area contributed by atoms with E-state index in [0.717, 1.165) is 18.1 Å². The molecular formula is C25H28O3. The van der Waals surface area contributed by atoms with Crippen LogP contribution in [0.25, 0.3) is 6.08 Å². The molecule has 3 nitrogen and oxygen atoms in total. The van der Waals surface area contributed by atoms with Crippen LogP contribution in [0.15, 0.2) is 65.0 Å². The molecule has 2 saturated carbocycles. The third-order valence-electron chi connectivity index (χ3n) is 6.45. The van der Waals surface area contributed by atoms with E-state index < -0.39 is 5.97 Å². The van der Waals surface area contributed by atoms with Crippen molar-refractivity contribution in [3.8, 4) is 0 Å². The molecule has 0 saturated heterocycles. The van der Waals surface area contributed by atoms with Crippen molar-refractivity contribution in [3.63, 3.8) is 0 Å². The molecule has 3 heteroatoms. The highest BCUT2D eigenvalue weighted by Gasteiger charge is 2.34. The predicted octanol–water partition coefficient (Wildman–Crippen LogP) is 6.00. The van der Waals surface area contributed by atoms with Crippen LogP contribution in [0.3, 0.4) is 0 Å². The summed E-state index contributed by atoms with van der Waals surface area (Å²) in [5.74, 6) is 0.960. The van der Waals surface area contributed by atoms with E-state index in [2.05, 4.69) is 18.2 Å². The van der Waals surface area contributed by atoms with Crippen molar-refractivity contribution in [1.82, 2.24) is 0 Å². The molecule has 2 fully saturated rings. The molecule has 0 spiro atoms. The minimum absolute atomic E-state index is 0.476. The van der Waals surface area contributed by atoms with E-state index in [4.69, 9.17) is 5.11 Å². The van der Waals surface area contributed by atoms with Crippen molar-refractivity contribution in [2.45, 2.75) is 51.4 Å². The van der Waals surface area contributed by atoms with Gasteiger partial charge < -0.3 is 10.2 Å². The zero-order valence-corrected chi connectivity index (χ0v) is 16.2. The standard InChI is InChI=1S/C25H28O3/c26-22-13-12-21(15-18-9-7-17(8-10-18)11-14-24(27)28)23(16-22)25-19-3-1-4-20(25)6-2-5-19/h7-14,19-20,26H,1-6,15-16H2,(H,27,28)/b14-11+,25-23?. The number of carboxylic acids is 1. The molecule has 0 radical (unpaired) electrons. The van der Waals surface area contributed by atoms with Crippen molar-refractivity contribution < 1.29 is 15.0 Å². The summed E-state index contributed by atoms with van der Waals surface area (Å²) in [4.78, 5) is 10.7. The lowest BCUT2D eigenvalue weighted by Gasteiger charge is -2.40. The first-order chi connectivity index (χ1) is 13.6. The number of carboxylic acid groups (broad SMARTS) is 1. The maximum absolute atomic E-state index is 10.7. The van der Waals surface area contributed by atoms with Gasteiger partial charge in [0.15, 0.2) is 0 Å². The summed E-state index contributed by atoms with van der Waals surface area (Å²) in [6, 6.07) is 8.08. The first-order valence-corrected chi connectivity index (χ1v) is 10.4. The maximum atomic E-state index is 10.7. The summed E-state index contributed by atoms with van der Waals surface area (Å²) in [5, 5.41) is 19.0. The van der Waals surface area contributed by atoms with Gasteiger partial charge in [-0.05, 0) is 78.4 Å². The van der Waals surface area contributed by atoms with E-state index in [1.165, 1.54) is 55.2 Å². The molecule has 2 N–H and O–H groups in total. The molecular weight excluding hydrogens is 348 g/mol. The predicted molar refractivity (Wildman–Crippen MR) is 112 cm³/mol. The van der Waals surface area contributed by atoms with Gasteiger partial charge >= 0.3 is 5.97 Å². The summed E-state index contributed by atoms with van der Waals surface area (Å²) in [6.45, 7) is 0. The topological polar surface area (TPSA) is 57.5 Å². The molecule has 0 atom stereocenters. The average Bonchev–Trinajstić information content (AvgIpc) is 2.68. The fourth-order valence-corrected chi connectivity index (χ4v) is 5.20. The smallest absolute Gasteiger partial charge is 0.328 e. The summed E-state index contributed by atoms with van der Waals surface area (Å²) < 4.78 is 0. The number of carbonyl (C=O) groups is 1. The van der Waals surface area contributed by atoms with Crippen molar-refractivity contribution in [2.24, 2.45) is 11.8 Å². The van der Waals surface area contributed by atoms with Gasteiger partial charge in [-0.3, -0.25) is 0 Å². The lowest BCUT2D eigenvalue weighted by Crippen LogP contribution is -2.26. The molecule has 0 unspecified atom stereocenters. The van der Waals surface area contributed by atoms with Crippen molar-refractivity contribution in [1.29, 1.82) is 0 Å². The van der Waals surface area contributed by atoms with Crippen molar-refractivity contribution >= 4 is 12.0 Å². The van der Waals surface area contributed by atoms with Crippen LogP contribution in [-0.2, 0) is 11.2 Å². The second-order valence-electron chi connectivity index (χ2n) is 8.31. The van der Waals surface area contributed by atoms with Gasteiger partial charge in [0.2, 0.25) is 0 Å². The Kier molecular flexibility index (Phi) is 5.52. The Hall–Kier alpha value is -2.55. The molecule has 0 aromatic heterocycles. The van der Waals surface area contributed by atoms with E-state index in [0.29, 0.717) is 24.0 Å². The van der Waals surface area contributed by atoms with Crippen LogP contribution < -0.4 is 0 Å². The molecule has 0 aliphatic heterocycles. The van der Waals surface area contributed by atoms with Gasteiger partial charge in [0.1, 0.15) is 0 Å². The fourth-order valence-electron chi connectivity index (χ4n) is 5.20. The van der Waals surface area contributed by atoms with Crippen LogP contribution in [0.1, 0.15) is 56.1 Å². The van der Waals surface area contributed by atoms with Gasteiger partial charge in [-0.15, -0.1) is 0 Å². The second-order valence-corrected chi connectivity index (χ2v) is 8.31. The van der Waals surface area contributed by atoms with Gasteiger partial charge in [-0.25, -0.2) is 4.79 Å². The van der Waals surface area contributed by atoms with E-state index in [-0.39, 0.29) is 0 Å². The van der Waals surface area contributed by atoms with Crippen LogP contribution in [0.4, 0.5) is 0 Å². The Bertz CT molecular complexity index is 844. The Morgan fingerprint density at radius 2 is 1.64 bits per heavy atom. The third-order valence-corrected chi connectivity index (χ3v) is 6.45. The average molecular weight is 376 g/mol. The SMILES string of the molecule is O=C(O)/C=C/c1ccc(CC2=CC=C(O)CC2=C2C3CCCC2CCC3)cc1. The lowest BCUT2D eigenvalue weighted by molar-refractivity contribution is -0.131. The van der Waals surface area contributed by atoms with E-state index in [1.54, 1.807) is 11.6 Å². The molecule has 1 aromatic rings. The maximum Gasteiger partial charge on any atom is 0.328 e. The number of aliphatic hydroxyl groups is 1.